The maximum atomic E-state index is 13.6. The molecule has 0 aliphatic carbocycles. The Morgan fingerprint density at radius 1 is 1.24 bits per heavy atom. The van der Waals surface area contributed by atoms with Crippen LogP contribution >= 0.6 is 11.3 Å². The van der Waals surface area contributed by atoms with E-state index >= 15 is 0 Å². The van der Waals surface area contributed by atoms with Gasteiger partial charge >= 0.3 is 5.97 Å². The third kappa shape index (κ3) is 2.55. The monoisotopic (exact) mass is 306 g/mol. The molecule has 0 unspecified atom stereocenters. The highest BCUT2D eigenvalue weighted by molar-refractivity contribution is 7.22. The van der Waals surface area contributed by atoms with Crippen LogP contribution in [0.1, 0.15) is 10.4 Å². The summed E-state index contributed by atoms with van der Waals surface area (Å²) in [6.07, 6.45) is 0. The van der Waals surface area contributed by atoms with Crippen molar-refractivity contribution in [3.63, 3.8) is 0 Å². The number of halogens is 2. The van der Waals surface area contributed by atoms with Crippen molar-refractivity contribution in [1.82, 2.24) is 4.98 Å². The van der Waals surface area contributed by atoms with Gasteiger partial charge in [-0.15, -0.1) is 0 Å². The average molecular weight is 306 g/mol. The first-order chi connectivity index (χ1) is 10.0. The molecule has 0 spiro atoms. The van der Waals surface area contributed by atoms with Crippen LogP contribution in [0.3, 0.4) is 0 Å². The summed E-state index contributed by atoms with van der Waals surface area (Å²) in [4.78, 5) is 15.2. The summed E-state index contributed by atoms with van der Waals surface area (Å²) in [5.41, 5.74) is 0.196. The molecule has 2 aromatic carbocycles. The maximum Gasteiger partial charge on any atom is 0.337 e. The second kappa shape index (κ2) is 5.10. The van der Waals surface area contributed by atoms with Gasteiger partial charge in [0.15, 0.2) is 5.13 Å². The van der Waals surface area contributed by atoms with Crippen LogP contribution in [-0.2, 0) is 0 Å². The molecule has 3 rings (SSSR count). The van der Waals surface area contributed by atoms with Crippen molar-refractivity contribution in [3.05, 3.63) is 53.6 Å². The first kappa shape index (κ1) is 13.4. The first-order valence-corrected chi connectivity index (χ1v) is 6.71. The third-order valence-corrected chi connectivity index (χ3v) is 3.76. The molecule has 106 valence electrons. The highest BCUT2D eigenvalue weighted by atomic mass is 32.1. The number of rotatable bonds is 3. The number of anilines is 2. The van der Waals surface area contributed by atoms with E-state index in [2.05, 4.69) is 10.3 Å². The van der Waals surface area contributed by atoms with Crippen LogP contribution in [0.4, 0.5) is 19.6 Å². The Balaban J connectivity index is 2.02. The number of hydrogen-bond acceptors (Lipinski definition) is 4. The van der Waals surface area contributed by atoms with Crippen LogP contribution in [0.15, 0.2) is 36.4 Å². The number of benzene rings is 2. The van der Waals surface area contributed by atoms with Crippen LogP contribution in [-0.4, -0.2) is 16.1 Å². The van der Waals surface area contributed by atoms with E-state index in [1.807, 2.05) is 0 Å². The van der Waals surface area contributed by atoms with Gasteiger partial charge in [0.1, 0.15) is 17.2 Å². The van der Waals surface area contributed by atoms with Gasteiger partial charge in [0.2, 0.25) is 0 Å². The van der Waals surface area contributed by atoms with Gasteiger partial charge in [0.25, 0.3) is 0 Å². The number of aromatic nitrogens is 1. The number of aromatic carboxylic acids is 1. The summed E-state index contributed by atoms with van der Waals surface area (Å²) in [7, 11) is 0. The van der Waals surface area contributed by atoms with Crippen molar-refractivity contribution < 1.29 is 18.7 Å². The number of nitrogens with zero attached hydrogens (tertiary/aromatic N) is 1. The number of hydrogen-bond donors (Lipinski definition) is 2. The molecule has 1 aromatic heterocycles. The van der Waals surface area contributed by atoms with Gasteiger partial charge in [0, 0.05) is 0 Å². The standard InChI is InChI=1S/C14H8F2N2O2S/c15-7-4-5-10(8(6-7)13(19)20)17-14-18-12-9(16)2-1-3-11(12)21-14/h1-6H,(H,17,18)(H,19,20). The lowest BCUT2D eigenvalue weighted by Crippen LogP contribution is -2.03. The van der Waals surface area contributed by atoms with E-state index in [-0.39, 0.29) is 16.8 Å². The summed E-state index contributed by atoms with van der Waals surface area (Å²) in [5.74, 6) is -2.35. The highest BCUT2D eigenvalue weighted by Gasteiger charge is 2.14. The Hall–Kier alpha value is -2.54. The van der Waals surface area contributed by atoms with Crippen LogP contribution < -0.4 is 5.32 Å². The fraction of sp³-hybridized carbons (Fsp3) is 0. The van der Waals surface area contributed by atoms with E-state index in [0.717, 1.165) is 12.1 Å². The lowest BCUT2D eigenvalue weighted by atomic mass is 10.2. The highest BCUT2D eigenvalue weighted by Crippen LogP contribution is 2.30. The van der Waals surface area contributed by atoms with Gasteiger partial charge in [-0.3, -0.25) is 0 Å². The quantitative estimate of drug-likeness (QED) is 0.767. The van der Waals surface area contributed by atoms with Crippen LogP contribution in [0.5, 0.6) is 0 Å². The minimum Gasteiger partial charge on any atom is -0.478 e. The Labute approximate surface area is 121 Å². The van der Waals surface area contributed by atoms with Crippen LogP contribution in [0, 0.1) is 11.6 Å². The van der Waals surface area contributed by atoms with E-state index in [0.29, 0.717) is 9.83 Å². The minimum atomic E-state index is -1.26. The molecule has 0 bridgehead atoms. The molecule has 0 saturated heterocycles. The smallest absolute Gasteiger partial charge is 0.337 e. The van der Waals surface area contributed by atoms with Crippen molar-refractivity contribution >= 4 is 38.3 Å². The Kier molecular flexibility index (Phi) is 3.26. The maximum absolute atomic E-state index is 13.6. The summed E-state index contributed by atoms with van der Waals surface area (Å²) >= 11 is 1.18. The molecule has 2 N–H and O–H groups in total. The zero-order valence-electron chi connectivity index (χ0n) is 10.4. The lowest BCUT2D eigenvalue weighted by Gasteiger charge is -2.06. The summed E-state index contributed by atoms with van der Waals surface area (Å²) in [5, 5.41) is 12.2. The molecule has 0 atom stereocenters. The van der Waals surface area contributed by atoms with Crippen molar-refractivity contribution in [1.29, 1.82) is 0 Å². The number of carbonyl (C=O) groups is 1. The molecule has 0 amide bonds. The number of carboxylic acid groups (broad SMARTS) is 1. The van der Waals surface area contributed by atoms with Crippen molar-refractivity contribution in [2.45, 2.75) is 0 Å². The van der Waals surface area contributed by atoms with Crippen LogP contribution in [0.25, 0.3) is 10.2 Å². The summed E-state index contributed by atoms with van der Waals surface area (Å²) in [6, 6.07) is 7.94. The van der Waals surface area contributed by atoms with Gasteiger partial charge in [-0.25, -0.2) is 18.6 Å². The molecule has 3 aromatic rings. The molecule has 1 heterocycles. The SMILES string of the molecule is O=C(O)c1cc(F)ccc1Nc1nc2c(F)cccc2s1. The van der Waals surface area contributed by atoms with Gasteiger partial charge in [-0.1, -0.05) is 17.4 Å². The fourth-order valence-electron chi connectivity index (χ4n) is 1.89. The minimum absolute atomic E-state index is 0.198. The average Bonchev–Trinajstić information content (AvgIpc) is 2.85. The summed E-state index contributed by atoms with van der Waals surface area (Å²) in [6.45, 7) is 0. The molecule has 0 aliphatic heterocycles. The molecule has 4 nitrogen and oxygen atoms in total. The number of nitrogens with one attached hydrogen (secondary N) is 1. The van der Waals surface area contributed by atoms with Gasteiger partial charge in [0.05, 0.1) is 16.0 Å². The first-order valence-electron chi connectivity index (χ1n) is 5.89. The molecule has 0 radical (unpaired) electrons. The topological polar surface area (TPSA) is 62.2 Å². The van der Waals surface area contributed by atoms with Crippen molar-refractivity contribution in [3.8, 4) is 0 Å². The molecule has 0 aliphatic rings. The predicted octanol–water partition coefficient (Wildman–Crippen LogP) is 4.02. The largest absolute Gasteiger partial charge is 0.478 e. The van der Waals surface area contributed by atoms with Crippen molar-refractivity contribution in [2.75, 3.05) is 5.32 Å². The Bertz CT molecular complexity index is 848. The Morgan fingerprint density at radius 3 is 2.76 bits per heavy atom. The van der Waals surface area contributed by atoms with E-state index < -0.39 is 17.6 Å². The number of carboxylic acids is 1. The van der Waals surface area contributed by atoms with Gasteiger partial charge in [-0.05, 0) is 30.3 Å². The van der Waals surface area contributed by atoms with E-state index in [9.17, 15) is 13.6 Å². The second-order valence-corrected chi connectivity index (χ2v) is 5.26. The van der Waals surface area contributed by atoms with E-state index in [1.54, 1.807) is 12.1 Å². The normalized spacial score (nSPS) is 10.8. The van der Waals surface area contributed by atoms with E-state index in [4.69, 9.17) is 5.11 Å². The molecule has 0 saturated carbocycles. The fourth-order valence-corrected chi connectivity index (χ4v) is 2.78. The number of thiazole rings is 1. The molecule has 7 heteroatoms. The Morgan fingerprint density at radius 2 is 2.05 bits per heavy atom. The van der Waals surface area contributed by atoms with Crippen molar-refractivity contribution in [2.24, 2.45) is 0 Å². The molecule has 0 fully saturated rings. The summed E-state index contributed by atoms with van der Waals surface area (Å²) < 4.78 is 27.3. The van der Waals surface area contributed by atoms with Gasteiger partial charge < -0.3 is 10.4 Å². The molecule has 21 heavy (non-hydrogen) atoms. The number of fused-ring (bicyclic) bond motifs is 1. The lowest BCUT2D eigenvalue weighted by molar-refractivity contribution is 0.0697. The van der Waals surface area contributed by atoms with E-state index in [1.165, 1.54) is 23.5 Å². The number of para-hydroxylation sites is 1. The molecular formula is C14H8F2N2O2S. The van der Waals surface area contributed by atoms with Crippen LogP contribution in [0.2, 0.25) is 0 Å². The predicted molar refractivity (Wildman–Crippen MR) is 76.2 cm³/mol. The zero-order valence-corrected chi connectivity index (χ0v) is 11.2. The third-order valence-electron chi connectivity index (χ3n) is 2.82. The molecular weight excluding hydrogens is 298 g/mol. The second-order valence-electron chi connectivity index (χ2n) is 4.23. The zero-order chi connectivity index (χ0) is 15.0. The van der Waals surface area contributed by atoms with Gasteiger partial charge in [-0.2, -0.15) is 0 Å².